The molecule has 0 N–H and O–H groups in total. The summed E-state index contributed by atoms with van der Waals surface area (Å²) in [5, 5.41) is 0. The van der Waals surface area contributed by atoms with Gasteiger partial charge >= 0.3 is 41.3 Å². The van der Waals surface area contributed by atoms with Crippen LogP contribution in [0.25, 0.3) is 33.4 Å². The molecule has 0 aliphatic heterocycles. The van der Waals surface area contributed by atoms with E-state index in [1.165, 1.54) is 93.1 Å². The van der Waals surface area contributed by atoms with Gasteiger partial charge in [-0.25, -0.2) is 6.08 Å². The Morgan fingerprint density at radius 1 is 0.750 bits per heavy atom. The second kappa shape index (κ2) is 17.6. The van der Waals surface area contributed by atoms with Crippen molar-refractivity contribution in [3.8, 4) is 33.4 Å². The van der Waals surface area contributed by atoms with Crippen LogP contribution in [0.15, 0.2) is 72.3 Å². The van der Waals surface area contributed by atoms with E-state index in [-0.39, 0.29) is 24.8 Å². The monoisotopic (exact) mass is 752 g/mol. The van der Waals surface area contributed by atoms with Crippen molar-refractivity contribution in [1.82, 2.24) is 0 Å². The fraction of sp³-hybridized carbons (Fsp3) is 0.356. The molecular weight excluding hydrogens is 703 g/mol. The molecule has 1 unspecified atom stereocenters. The van der Waals surface area contributed by atoms with Crippen LogP contribution in [0.5, 0.6) is 0 Å². The Kier molecular flexibility index (Phi) is 15.3. The van der Waals surface area contributed by atoms with Crippen LogP contribution in [0.2, 0.25) is 0 Å². The molecule has 0 heterocycles. The van der Waals surface area contributed by atoms with Gasteiger partial charge in [0.2, 0.25) is 0 Å². The Balaban J connectivity index is 0.000000396. The summed E-state index contributed by atoms with van der Waals surface area (Å²) in [6.45, 7) is 26.4. The van der Waals surface area contributed by atoms with E-state index in [1.54, 1.807) is 24.2 Å². The van der Waals surface area contributed by atoms with Crippen LogP contribution in [0.1, 0.15) is 92.5 Å². The maximum absolute atomic E-state index is 3.78. The van der Waals surface area contributed by atoms with Crippen molar-refractivity contribution < 1.29 is 49.0 Å². The first-order valence-electron chi connectivity index (χ1n) is 16.8. The number of hydrogen-bond acceptors (Lipinski definition) is 0. The minimum atomic E-state index is 0. The van der Waals surface area contributed by atoms with E-state index in [9.17, 15) is 0 Å². The van der Waals surface area contributed by atoms with Crippen LogP contribution in [0.3, 0.4) is 0 Å². The standard InChI is InChI=1S/C31H29.C11H17.C3H6.2ClH.Zr/c1-18-11-20(3)30(21(4)12-18)24-7-9-28-26(15-24)17-27-16-25(8-10-29(27)28)31-22(5)13-19(2)14-23(31)6;1-5-9-6-7-10(8-9)11(2,3)4;1-3-2;;;/h7-15H,17H2,1-6H3;7-9H,5H2,1-4H3;1-2H3;2*1H;/q2*-1;;;;+2/p-2. The summed E-state index contributed by atoms with van der Waals surface area (Å²) in [6.07, 6.45) is 9.96. The third kappa shape index (κ3) is 10.1. The van der Waals surface area contributed by atoms with E-state index in [4.69, 9.17) is 0 Å². The van der Waals surface area contributed by atoms with Gasteiger partial charge in [0.1, 0.15) is 0 Å². The van der Waals surface area contributed by atoms with E-state index in [0.717, 1.165) is 6.42 Å². The second-order valence-electron chi connectivity index (χ2n) is 14.6. The van der Waals surface area contributed by atoms with Gasteiger partial charge in [-0.15, -0.1) is 29.3 Å². The van der Waals surface area contributed by atoms with Crippen molar-refractivity contribution in [2.45, 2.75) is 95.9 Å². The molecule has 1 atom stereocenters. The third-order valence-electron chi connectivity index (χ3n) is 8.84. The topological polar surface area (TPSA) is 0 Å². The third-order valence-corrected chi connectivity index (χ3v) is 8.84. The van der Waals surface area contributed by atoms with E-state index in [1.807, 2.05) is 0 Å². The Bertz CT molecular complexity index is 1680. The first-order chi connectivity index (χ1) is 21.6. The van der Waals surface area contributed by atoms with Crippen LogP contribution < -0.4 is 24.8 Å². The van der Waals surface area contributed by atoms with Crippen LogP contribution >= 0.6 is 0 Å². The van der Waals surface area contributed by atoms with Crippen LogP contribution in [0, 0.1) is 65.0 Å². The van der Waals surface area contributed by atoms with Crippen LogP contribution in [-0.2, 0) is 30.7 Å². The first-order valence-corrected chi connectivity index (χ1v) is 18.0. The molecule has 0 fully saturated rings. The predicted octanol–water partition coefficient (Wildman–Crippen LogP) is 6.35. The molecule has 2 aliphatic carbocycles. The van der Waals surface area contributed by atoms with Gasteiger partial charge in [-0.1, -0.05) is 127 Å². The minimum absolute atomic E-state index is 0. The fourth-order valence-electron chi connectivity index (χ4n) is 6.88. The summed E-state index contributed by atoms with van der Waals surface area (Å²) in [5.74, 6) is 0.573. The normalized spacial score (nSPS) is 13.9. The molecule has 2 aliphatic rings. The molecule has 0 aromatic heterocycles. The van der Waals surface area contributed by atoms with Crippen LogP contribution in [-0.4, -0.2) is 3.21 Å². The van der Waals surface area contributed by atoms with E-state index >= 15 is 0 Å². The van der Waals surface area contributed by atoms with Gasteiger partial charge in [0, 0.05) is 0 Å². The molecule has 0 amide bonds. The van der Waals surface area contributed by atoms with E-state index < -0.39 is 0 Å². The van der Waals surface area contributed by atoms with Gasteiger partial charge in [-0.2, -0.15) is 11.6 Å². The average molecular weight is 755 g/mol. The molecule has 0 spiro atoms. The Morgan fingerprint density at radius 3 is 1.71 bits per heavy atom. The summed E-state index contributed by atoms with van der Waals surface area (Å²) in [4.78, 5) is 0. The number of allylic oxidation sites excluding steroid dienone is 4. The number of aryl methyl sites for hydroxylation is 6. The summed E-state index contributed by atoms with van der Waals surface area (Å²) in [7, 11) is 0. The Morgan fingerprint density at radius 2 is 1.25 bits per heavy atom. The first kappa shape index (κ1) is 41.9. The van der Waals surface area contributed by atoms with Crippen molar-refractivity contribution in [1.29, 1.82) is 0 Å². The van der Waals surface area contributed by atoms with Gasteiger partial charge < -0.3 is 24.8 Å². The molecule has 48 heavy (non-hydrogen) atoms. The Labute approximate surface area is 319 Å². The predicted molar refractivity (Wildman–Crippen MR) is 198 cm³/mol. The van der Waals surface area contributed by atoms with Gasteiger partial charge in [0.15, 0.2) is 0 Å². The zero-order valence-electron chi connectivity index (χ0n) is 31.1. The van der Waals surface area contributed by atoms with Crippen LogP contribution in [0.4, 0.5) is 0 Å². The van der Waals surface area contributed by atoms with E-state index in [2.05, 4.69) is 162 Å². The van der Waals surface area contributed by atoms with Gasteiger partial charge in [0.05, 0.1) is 0 Å². The minimum Gasteiger partial charge on any atom is -1.00 e. The summed E-state index contributed by atoms with van der Waals surface area (Å²) in [6, 6.07) is 24.5. The smallest absolute Gasteiger partial charge is 0.0125 e. The molecule has 0 saturated carbocycles. The maximum atomic E-state index is 3.78. The fourth-order valence-corrected chi connectivity index (χ4v) is 6.88. The zero-order chi connectivity index (χ0) is 33.9. The average Bonchev–Trinajstić information content (AvgIpc) is 3.56. The molecule has 0 radical (unpaired) electrons. The molecule has 0 nitrogen and oxygen atoms in total. The molecule has 4 aromatic rings. The largest absolute Gasteiger partial charge is 1.00 e. The number of fused-ring (bicyclic) bond motifs is 3. The van der Waals surface area contributed by atoms with Gasteiger partial charge in [-0.05, 0) is 75.8 Å². The van der Waals surface area contributed by atoms with Gasteiger partial charge in [0.25, 0.3) is 0 Å². The molecule has 6 rings (SSSR count). The summed E-state index contributed by atoms with van der Waals surface area (Å²) >= 11 is 1.55. The molecule has 252 valence electrons. The maximum Gasteiger partial charge on any atom is -0.0125 e. The SMILES string of the molecule is CCC1[C-]=CC(C(C)(C)C)=C1.C[C](C)=[Zr+2].Cc1cc(C)c(-c2[c-]c3c(cc2)-c2ccc(-c4c(C)cc(C)cc4C)cc2C3)c(C)c1.[Cl-].[Cl-]. The summed E-state index contributed by atoms with van der Waals surface area (Å²) < 4.78 is 1.51. The molecule has 0 bridgehead atoms. The quantitative estimate of drug-likeness (QED) is 0.189. The van der Waals surface area contributed by atoms with Crippen molar-refractivity contribution in [3.63, 3.8) is 0 Å². The molecule has 0 saturated heterocycles. The number of halogens is 2. The van der Waals surface area contributed by atoms with Crippen molar-refractivity contribution in [3.05, 3.63) is 129 Å². The molecule has 3 heteroatoms. The summed E-state index contributed by atoms with van der Waals surface area (Å²) in [5.41, 5.74) is 20.4. The number of benzene rings is 4. The number of rotatable bonds is 3. The van der Waals surface area contributed by atoms with E-state index in [0.29, 0.717) is 11.3 Å². The molecular formula is C45H52Cl2Zr-2. The molecule has 4 aromatic carbocycles. The zero-order valence-corrected chi connectivity index (χ0v) is 35.1. The van der Waals surface area contributed by atoms with Crippen molar-refractivity contribution in [2.75, 3.05) is 0 Å². The second-order valence-corrected chi connectivity index (χ2v) is 17.0. The van der Waals surface area contributed by atoms with Gasteiger partial charge in [-0.3, -0.25) is 6.08 Å². The number of hydrogen-bond donors (Lipinski definition) is 0. The Hall–Kier alpha value is -2.31. The van der Waals surface area contributed by atoms with Crippen molar-refractivity contribution in [2.24, 2.45) is 11.3 Å². The van der Waals surface area contributed by atoms with Crippen molar-refractivity contribution >= 4 is 3.21 Å².